The van der Waals surface area contributed by atoms with Gasteiger partial charge in [0, 0.05) is 27.2 Å². The Balaban J connectivity index is 2.63. The second-order valence-corrected chi connectivity index (χ2v) is 5.26. The summed E-state index contributed by atoms with van der Waals surface area (Å²) in [4.78, 5) is 0. The van der Waals surface area contributed by atoms with Crippen molar-refractivity contribution in [3.05, 3.63) is 0 Å². The number of nitrogens with zero attached hydrogens (tertiary/aromatic N) is 2. The van der Waals surface area contributed by atoms with E-state index in [1.54, 1.807) is 0 Å². The molecule has 0 amide bonds. The molecule has 1 fully saturated rings. The van der Waals surface area contributed by atoms with Crippen LogP contribution in [0.1, 0.15) is 6.92 Å². The largest absolute Gasteiger partial charge is 0.390 e. The number of hydrazine groups is 1. The fraction of sp³-hybridized carbons (Fsp3) is 1.00. The fourth-order valence-electron chi connectivity index (χ4n) is 1.25. The topological polar surface area (TPSA) is 26.7 Å². The van der Waals surface area contributed by atoms with Crippen LogP contribution in [0.2, 0.25) is 0 Å². The van der Waals surface area contributed by atoms with Gasteiger partial charge in [0.2, 0.25) is 0 Å². The van der Waals surface area contributed by atoms with Gasteiger partial charge >= 0.3 is 0 Å². The molecule has 1 rings (SSSR count). The van der Waals surface area contributed by atoms with Gasteiger partial charge in [-0.1, -0.05) is 15.9 Å². The highest BCUT2D eigenvalue weighted by atomic mass is 79.9. The van der Waals surface area contributed by atoms with Crippen molar-refractivity contribution in [1.82, 2.24) is 10.0 Å². The normalized spacial score (nSPS) is 42.8. The third-order valence-corrected chi connectivity index (χ3v) is 3.03. The van der Waals surface area contributed by atoms with Crippen molar-refractivity contribution in [3.63, 3.8) is 0 Å². The Kier molecular flexibility index (Phi) is 2.59. The highest BCUT2D eigenvalue weighted by molar-refractivity contribution is 9.10. The molecule has 0 aliphatic carbocycles. The highest BCUT2D eigenvalue weighted by Gasteiger charge is 2.37. The third-order valence-electron chi connectivity index (χ3n) is 2.25. The second-order valence-electron chi connectivity index (χ2n) is 3.45. The monoisotopic (exact) mass is 222 g/mol. The Labute approximate surface area is 76.1 Å². The molecule has 1 saturated heterocycles. The van der Waals surface area contributed by atoms with Gasteiger partial charge in [-0.15, -0.1) is 0 Å². The van der Waals surface area contributed by atoms with Gasteiger partial charge in [-0.05, 0) is 6.92 Å². The lowest BCUT2D eigenvalue weighted by Crippen LogP contribution is -2.59. The molecule has 66 valence electrons. The molecule has 1 heterocycles. The number of rotatable bonds is 0. The maximum atomic E-state index is 9.61. The molecule has 0 bridgehead atoms. The van der Waals surface area contributed by atoms with Crippen LogP contribution in [0.15, 0.2) is 0 Å². The van der Waals surface area contributed by atoms with Crippen LogP contribution in [0.3, 0.4) is 0 Å². The molecular formula is C7H15BrN2O. The smallest absolute Gasteiger partial charge is 0.0844 e. The summed E-state index contributed by atoms with van der Waals surface area (Å²) in [6, 6.07) is 0. The Morgan fingerprint density at radius 2 is 2.00 bits per heavy atom. The Morgan fingerprint density at radius 3 is 2.45 bits per heavy atom. The summed E-state index contributed by atoms with van der Waals surface area (Å²) in [6.07, 6.45) is -0.288. The first-order chi connectivity index (χ1) is 4.93. The molecule has 0 aromatic heterocycles. The van der Waals surface area contributed by atoms with Crippen LogP contribution in [0, 0.1) is 0 Å². The average Bonchev–Trinajstić information content (AvgIpc) is 1.83. The zero-order chi connectivity index (χ0) is 8.65. The van der Waals surface area contributed by atoms with Gasteiger partial charge in [-0.2, -0.15) is 0 Å². The summed E-state index contributed by atoms with van der Waals surface area (Å²) in [5.74, 6) is 0. The zero-order valence-corrected chi connectivity index (χ0v) is 8.80. The number of aliphatic hydroxyl groups excluding tert-OH is 1. The van der Waals surface area contributed by atoms with E-state index in [9.17, 15) is 5.11 Å². The predicted octanol–water partition coefficient (Wildman–Crippen LogP) is 0.293. The van der Waals surface area contributed by atoms with Gasteiger partial charge in [0.15, 0.2) is 0 Å². The number of hydrogen-bond donors (Lipinski definition) is 1. The van der Waals surface area contributed by atoms with Crippen molar-refractivity contribution in [1.29, 1.82) is 0 Å². The van der Waals surface area contributed by atoms with E-state index in [-0.39, 0.29) is 10.4 Å². The minimum absolute atomic E-state index is 0.158. The molecule has 0 unspecified atom stereocenters. The van der Waals surface area contributed by atoms with Gasteiger partial charge < -0.3 is 5.11 Å². The number of aliphatic hydroxyl groups is 1. The van der Waals surface area contributed by atoms with Crippen LogP contribution in [0.25, 0.3) is 0 Å². The van der Waals surface area contributed by atoms with E-state index >= 15 is 0 Å². The summed E-state index contributed by atoms with van der Waals surface area (Å²) in [5.41, 5.74) is 0. The maximum absolute atomic E-state index is 9.61. The summed E-state index contributed by atoms with van der Waals surface area (Å²) in [7, 11) is 4.00. The molecule has 0 radical (unpaired) electrons. The molecule has 2 atom stereocenters. The van der Waals surface area contributed by atoms with Crippen molar-refractivity contribution in [2.24, 2.45) is 0 Å². The van der Waals surface area contributed by atoms with E-state index in [1.807, 2.05) is 26.0 Å². The van der Waals surface area contributed by atoms with E-state index in [4.69, 9.17) is 0 Å². The van der Waals surface area contributed by atoms with Gasteiger partial charge in [-0.3, -0.25) is 0 Å². The third kappa shape index (κ3) is 1.93. The minimum Gasteiger partial charge on any atom is -0.390 e. The molecule has 4 heteroatoms. The van der Waals surface area contributed by atoms with Crippen molar-refractivity contribution in [2.75, 3.05) is 27.2 Å². The Morgan fingerprint density at radius 1 is 1.45 bits per heavy atom. The number of likely N-dealkylation sites (N-methyl/N-ethyl adjacent to an activating group) is 1. The van der Waals surface area contributed by atoms with Crippen molar-refractivity contribution in [2.45, 2.75) is 17.4 Å². The van der Waals surface area contributed by atoms with Crippen molar-refractivity contribution in [3.8, 4) is 0 Å². The van der Waals surface area contributed by atoms with Gasteiger partial charge in [-0.25, -0.2) is 10.0 Å². The number of hydrogen-bond acceptors (Lipinski definition) is 3. The van der Waals surface area contributed by atoms with Gasteiger partial charge in [0.05, 0.1) is 10.4 Å². The van der Waals surface area contributed by atoms with Crippen LogP contribution in [0.4, 0.5) is 0 Å². The lowest BCUT2D eigenvalue weighted by Gasteiger charge is -2.44. The second kappa shape index (κ2) is 3.01. The van der Waals surface area contributed by atoms with E-state index < -0.39 is 0 Å². The Bertz CT molecular complexity index is 151. The molecule has 1 N–H and O–H groups in total. The minimum atomic E-state index is -0.288. The maximum Gasteiger partial charge on any atom is 0.0844 e. The fourth-order valence-corrected chi connectivity index (χ4v) is 1.76. The SMILES string of the molecule is CN1C[C@H](O)[C@@](C)(Br)CN1C. The first-order valence-electron chi connectivity index (χ1n) is 3.72. The molecule has 0 aromatic carbocycles. The molecule has 0 spiro atoms. The lowest BCUT2D eigenvalue weighted by molar-refractivity contribution is -0.0729. The van der Waals surface area contributed by atoms with Gasteiger partial charge in [0.1, 0.15) is 0 Å². The first-order valence-corrected chi connectivity index (χ1v) is 4.52. The quantitative estimate of drug-likeness (QED) is 0.598. The molecular weight excluding hydrogens is 208 g/mol. The zero-order valence-electron chi connectivity index (χ0n) is 7.21. The van der Waals surface area contributed by atoms with Crippen LogP contribution in [-0.2, 0) is 0 Å². The van der Waals surface area contributed by atoms with E-state index in [1.165, 1.54) is 0 Å². The van der Waals surface area contributed by atoms with E-state index in [0.29, 0.717) is 6.54 Å². The first kappa shape index (κ1) is 9.45. The molecule has 11 heavy (non-hydrogen) atoms. The molecule has 0 aromatic rings. The highest BCUT2D eigenvalue weighted by Crippen LogP contribution is 2.27. The Hall–Kier alpha value is 0.360. The van der Waals surface area contributed by atoms with Crippen LogP contribution >= 0.6 is 15.9 Å². The van der Waals surface area contributed by atoms with E-state index in [2.05, 4.69) is 20.9 Å². The van der Waals surface area contributed by atoms with Crippen LogP contribution in [-0.4, -0.2) is 52.7 Å². The molecule has 3 nitrogen and oxygen atoms in total. The van der Waals surface area contributed by atoms with Crippen LogP contribution < -0.4 is 0 Å². The van der Waals surface area contributed by atoms with Crippen molar-refractivity contribution >= 4 is 15.9 Å². The summed E-state index contributed by atoms with van der Waals surface area (Å²) in [6.45, 7) is 3.55. The number of alkyl halides is 1. The lowest BCUT2D eigenvalue weighted by atomic mass is 10.0. The number of halogens is 1. The predicted molar refractivity (Wildman–Crippen MR) is 48.6 cm³/mol. The molecule has 0 saturated carbocycles. The summed E-state index contributed by atoms with van der Waals surface area (Å²) >= 11 is 3.51. The standard InChI is InChI=1S/C7H15BrN2O/c1-7(8)5-10(3)9(2)4-6(7)11/h6,11H,4-5H2,1-3H3/t6-,7-/m0/s1. The van der Waals surface area contributed by atoms with Gasteiger partial charge in [0.25, 0.3) is 0 Å². The molecule has 1 aliphatic heterocycles. The average molecular weight is 223 g/mol. The molecule has 1 aliphatic rings. The summed E-state index contributed by atoms with van der Waals surface area (Å²) < 4.78 is -0.158. The number of β-amino-alcohol motifs (C(OH)–C–C–N with tert-alkyl or cyclic N) is 1. The van der Waals surface area contributed by atoms with Crippen molar-refractivity contribution < 1.29 is 5.11 Å². The van der Waals surface area contributed by atoms with Crippen LogP contribution in [0.5, 0.6) is 0 Å². The van der Waals surface area contributed by atoms with E-state index in [0.717, 1.165) is 6.54 Å². The summed E-state index contributed by atoms with van der Waals surface area (Å²) in [5, 5.41) is 13.7.